The van der Waals surface area contributed by atoms with Crippen molar-refractivity contribution in [1.29, 1.82) is 0 Å². The van der Waals surface area contributed by atoms with E-state index in [0.717, 1.165) is 5.56 Å². The van der Waals surface area contributed by atoms with E-state index in [1.807, 2.05) is 30.3 Å². The van der Waals surface area contributed by atoms with E-state index in [9.17, 15) is 0 Å². The molecule has 70 valence electrons. The van der Waals surface area contributed by atoms with E-state index in [2.05, 4.69) is 0 Å². The first-order valence-corrected chi connectivity index (χ1v) is 4.65. The second-order valence-corrected chi connectivity index (χ2v) is 3.61. The highest BCUT2D eigenvalue weighted by Crippen LogP contribution is 2.32. The zero-order valence-electron chi connectivity index (χ0n) is 7.20. The van der Waals surface area contributed by atoms with Crippen LogP contribution in [-0.4, -0.2) is 19.8 Å². The van der Waals surface area contributed by atoms with Gasteiger partial charge in [0.2, 0.25) is 0 Å². The minimum Gasteiger partial charge on any atom is -0.374 e. The van der Waals surface area contributed by atoms with Crippen molar-refractivity contribution in [2.45, 2.75) is 5.06 Å². The topological polar surface area (TPSA) is 18.5 Å². The smallest absolute Gasteiger partial charge is 0.190 e. The number of hydrogen-bond donors (Lipinski definition) is 0. The van der Waals surface area contributed by atoms with Gasteiger partial charge >= 0.3 is 0 Å². The van der Waals surface area contributed by atoms with Gasteiger partial charge in [0.15, 0.2) is 5.06 Å². The van der Waals surface area contributed by atoms with Gasteiger partial charge in [0.1, 0.15) is 0 Å². The molecular formula is C10H11ClO2. The molecule has 1 saturated heterocycles. The number of benzene rings is 1. The van der Waals surface area contributed by atoms with Crippen LogP contribution in [-0.2, 0) is 14.5 Å². The fraction of sp³-hybridized carbons (Fsp3) is 0.400. The summed E-state index contributed by atoms with van der Waals surface area (Å²) < 4.78 is 10.8. The van der Waals surface area contributed by atoms with Crippen LogP contribution in [0.3, 0.4) is 0 Å². The monoisotopic (exact) mass is 198 g/mol. The van der Waals surface area contributed by atoms with Crippen LogP contribution in [0.1, 0.15) is 5.56 Å². The molecule has 0 bridgehead atoms. The highest BCUT2D eigenvalue weighted by molar-refractivity contribution is 6.23. The van der Waals surface area contributed by atoms with E-state index in [-0.39, 0.29) is 0 Å². The number of rotatable bonds is 1. The van der Waals surface area contributed by atoms with Gasteiger partial charge in [-0.05, 0) is 0 Å². The molecule has 0 radical (unpaired) electrons. The van der Waals surface area contributed by atoms with Crippen LogP contribution in [0, 0.1) is 0 Å². The van der Waals surface area contributed by atoms with E-state index >= 15 is 0 Å². The summed E-state index contributed by atoms with van der Waals surface area (Å²) in [7, 11) is 0. The van der Waals surface area contributed by atoms with Gasteiger partial charge in [0.25, 0.3) is 0 Å². The quantitative estimate of drug-likeness (QED) is 0.644. The van der Waals surface area contributed by atoms with Crippen LogP contribution >= 0.6 is 11.6 Å². The van der Waals surface area contributed by atoms with Gasteiger partial charge in [-0.15, -0.1) is 0 Å². The molecule has 1 fully saturated rings. The van der Waals surface area contributed by atoms with E-state index < -0.39 is 5.06 Å². The molecule has 1 aromatic carbocycles. The Morgan fingerprint density at radius 2 is 1.92 bits per heavy atom. The summed E-state index contributed by atoms with van der Waals surface area (Å²) in [6.45, 7) is 1.60. The predicted octanol–water partition coefficient (Wildman–Crippen LogP) is 2.12. The maximum atomic E-state index is 6.25. The minimum atomic E-state index is -0.778. The number of alkyl halides is 1. The Morgan fingerprint density at radius 1 is 1.15 bits per heavy atom. The third-order valence-electron chi connectivity index (χ3n) is 2.05. The molecule has 2 rings (SSSR count). The van der Waals surface area contributed by atoms with E-state index in [0.29, 0.717) is 19.8 Å². The SMILES string of the molecule is ClC1(c2ccccc2)COCCO1. The normalized spacial score (nSPS) is 28.7. The lowest BCUT2D eigenvalue weighted by Gasteiger charge is -2.31. The molecule has 1 unspecified atom stereocenters. The molecule has 13 heavy (non-hydrogen) atoms. The summed E-state index contributed by atoms with van der Waals surface area (Å²) in [6.07, 6.45) is 0. The minimum absolute atomic E-state index is 0.415. The molecule has 0 amide bonds. The van der Waals surface area contributed by atoms with Crippen molar-refractivity contribution < 1.29 is 9.47 Å². The van der Waals surface area contributed by atoms with Gasteiger partial charge in [-0.25, -0.2) is 0 Å². The zero-order chi connectivity index (χ0) is 9.15. The molecule has 0 spiro atoms. The Bertz CT molecular complexity index is 268. The fourth-order valence-corrected chi connectivity index (χ4v) is 1.64. The lowest BCUT2D eigenvalue weighted by atomic mass is 10.1. The van der Waals surface area contributed by atoms with Crippen LogP contribution in [0.15, 0.2) is 30.3 Å². The molecule has 0 aromatic heterocycles. The van der Waals surface area contributed by atoms with Gasteiger partial charge in [0.05, 0.1) is 19.8 Å². The Labute approximate surface area is 82.4 Å². The molecule has 1 aliphatic rings. The van der Waals surface area contributed by atoms with Gasteiger partial charge in [-0.1, -0.05) is 41.9 Å². The van der Waals surface area contributed by atoms with Gasteiger partial charge in [-0.3, -0.25) is 0 Å². The molecular weight excluding hydrogens is 188 g/mol. The van der Waals surface area contributed by atoms with E-state index in [1.165, 1.54) is 0 Å². The summed E-state index contributed by atoms with van der Waals surface area (Å²) >= 11 is 6.25. The average molecular weight is 199 g/mol. The second kappa shape index (κ2) is 3.66. The lowest BCUT2D eigenvalue weighted by molar-refractivity contribution is -0.116. The van der Waals surface area contributed by atoms with E-state index in [4.69, 9.17) is 21.1 Å². The van der Waals surface area contributed by atoms with Crippen LogP contribution in [0.2, 0.25) is 0 Å². The molecule has 1 heterocycles. The summed E-state index contributed by atoms with van der Waals surface area (Å²) in [5, 5.41) is -0.778. The second-order valence-electron chi connectivity index (χ2n) is 3.00. The largest absolute Gasteiger partial charge is 0.374 e. The molecule has 2 nitrogen and oxygen atoms in total. The van der Waals surface area contributed by atoms with Crippen molar-refractivity contribution in [3.05, 3.63) is 35.9 Å². The Hall–Kier alpha value is -0.570. The summed E-state index contributed by atoms with van der Waals surface area (Å²) in [4.78, 5) is 0. The maximum Gasteiger partial charge on any atom is 0.190 e. The molecule has 0 N–H and O–H groups in total. The molecule has 0 aliphatic carbocycles. The van der Waals surface area contributed by atoms with Gasteiger partial charge < -0.3 is 9.47 Å². The van der Waals surface area contributed by atoms with Crippen LogP contribution in [0.4, 0.5) is 0 Å². The summed E-state index contributed by atoms with van der Waals surface area (Å²) in [6, 6.07) is 9.73. The van der Waals surface area contributed by atoms with Gasteiger partial charge in [-0.2, -0.15) is 0 Å². The lowest BCUT2D eigenvalue weighted by Crippen LogP contribution is -2.35. The highest BCUT2D eigenvalue weighted by atomic mass is 35.5. The fourth-order valence-electron chi connectivity index (χ4n) is 1.36. The Balaban J connectivity index is 2.23. The maximum absolute atomic E-state index is 6.25. The molecule has 0 saturated carbocycles. The molecule has 3 heteroatoms. The standard InChI is InChI=1S/C10H11ClO2/c11-10(8-12-6-7-13-10)9-4-2-1-3-5-9/h1-5H,6-8H2. The summed E-state index contributed by atoms with van der Waals surface area (Å²) in [5.74, 6) is 0. The first-order valence-electron chi connectivity index (χ1n) is 4.27. The third-order valence-corrected chi connectivity index (χ3v) is 2.49. The molecule has 1 aliphatic heterocycles. The van der Waals surface area contributed by atoms with Crippen molar-refractivity contribution in [1.82, 2.24) is 0 Å². The third kappa shape index (κ3) is 1.85. The average Bonchev–Trinajstić information content (AvgIpc) is 2.20. The molecule has 1 aromatic rings. The van der Waals surface area contributed by atoms with Crippen LogP contribution in [0.5, 0.6) is 0 Å². The van der Waals surface area contributed by atoms with Crippen molar-refractivity contribution in [2.24, 2.45) is 0 Å². The summed E-state index contributed by atoms with van der Waals surface area (Å²) in [5.41, 5.74) is 0.955. The van der Waals surface area contributed by atoms with Gasteiger partial charge in [0, 0.05) is 5.56 Å². The predicted molar refractivity (Wildman–Crippen MR) is 50.7 cm³/mol. The van der Waals surface area contributed by atoms with E-state index in [1.54, 1.807) is 0 Å². The Morgan fingerprint density at radius 3 is 2.54 bits per heavy atom. The van der Waals surface area contributed by atoms with Crippen molar-refractivity contribution in [3.63, 3.8) is 0 Å². The number of halogens is 1. The highest BCUT2D eigenvalue weighted by Gasteiger charge is 2.33. The number of ether oxygens (including phenoxy) is 2. The van der Waals surface area contributed by atoms with Crippen molar-refractivity contribution in [2.75, 3.05) is 19.8 Å². The first kappa shape index (κ1) is 9.00. The van der Waals surface area contributed by atoms with Crippen LogP contribution in [0.25, 0.3) is 0 Å². The van der Waals surface area contributed by atoms with Crippen LogP contribution < -0.4 is 0 Å². The van der Waals surface area contributed by atoms with Crippen molar-refractivity contribution >= 4 is 11.6 Å². The first-order chi connectivity index (χ1) is 6.31. The number of hydrogen-bond acceptors (Lipinski definition) is 2. The zero-order valence-corrected chi connectivity index (χ0v) is 7.96. The van der Waals surface area contributed by atoms with Crippen molar-refractivity contribution in [3.8, 4) is 0 Å². The molecule has 1 atom stereocenters. The Kier molecular flexibility index (Phi) is 2.54.